The van der Waals surface area contributed by atoms with Crippen molar-refractivity contribution in [1.82, 2.24) is 10.2 Å². The number of nitrogens with zero attached hydrogens (tertiary/aromatic N) is 1. The highest BCUT2D eigenvalue weighted by atomic mass is 19.1. The van der Waals surface area contributed by atoms with E-state index in [1.165, 1.54) is 12.1 Å². The highest BCUT2D eigenvalue weighted by Crippen LogP contribution is 2.32. The van der Waals surface area contributed by atoms with Crippen molar-refractivity contribution in [2.24, 2.45) is 0 Å². The van der Waals surface area contributed by atoms with Crippen molar-refractivity contribution in [3.63, 3.8) is 0 Å². The summed E-state index contributed by atoms with van der Waals surface area (Å²) in [4.78, 5) is 14.4. The summed E-state index contributed by atoms with van der Waals surface area (Å²) in [6, 6.07) is 14.0. The van der Waals surface area contributed by atoms with Crippen LogP contribution in [0.25, 0.3) is 0 Å². The van der Waals surface area contributed by atoms with Gasteiger partial charge in [0.25, 0.3) is 0 Å². The lowest BCUT2D eigenvalue weighted by Gasteiger charge is -2.25. The lowest BCUT2D eigenvalue weighted by atomic mass is 10.0. The number of halogens is 1. The Balaban J connectivity index is 1.63. The maximum atomic E-state index is 12.9. The van der Waals surface area contributed by atoms with Crippen LogP contribution in [0.3, 0.4) is 0 Å². The van der Waals surface area contributed by atoms with Crippen molar-refractivity contribution < 1.29 is 13.9 Å². The van der Waals surface area contributed by atoms with Gasteiger partial charge in [-0.3, -0.25) is 0 Å². The number of methoxy groups -OCH3 is 1. The van der Waals surface area contributed by atoms with Gasteiger partial charge in [-0.2, -0.15) is 0 Å². The molecule has 0 aliphatic carbocycles. The van der Waals surface area contributed by atoms with Crippen molar-refractivity contribution in [2.75, 3.05) is 13.7 Å². The number of benzene rings is 2. The number of amides is 2. The molecule has 24 heavy (non-hydrogen) atoms. The molecular weight excluding hydrogens is 307 g/mol. The van der Waals surface area contributed by atoms with Crippen LogP contribution in [0.1, 0.15) is 30.0 Å². The summed E-state index contributed by atoms with van der Waals surface area (Å²) in [6.07, 6.45) is 1.94. The Labute approximate surface area is 141 Å². The van der Waals surface area contributed by atoms with Gasteiger partial charge in [0.05, 0.1) is 13.2 Å². The zero-order valence-corrected chi connectivity index (χ0v) is 13.7. The quantitative estimate of drug-likeness (QED) is 0.925. The van der Waals surface area contributed by atoms with Gasteiger partial charge in [-0.1, -0.05) is 24.3 Å². The fraction of sp³-hybridized carbons (Fsp3) is 0.316. The molecule has 0 spiro atoms. The van der Waals surface area contributed by atoms with Crippen LogP contribution in [0.4, 0.5) is 9.18 Å². The summed E-state index contributed by atoms with van der Waals surface area (Å²) >= 11 is 0. The maximum Gasteiger partial charge on any atom is 0.318 e. The largest absolute Gasteiger partial charge is 0.497 e. The second-order valence-corrected chi connectivity index (χ2v) is 5.91. The number of likely N-dealkylation sites (tertiary alicyclic amines) is 1. The minimum Gasteiger partial charge on any atom is -0.497 e. The Bertz CT molecular complexity index is 686. The molecule has 4 nitrogen and oxygen atoms in total. The molecule has 1 heterocycles. The minimum atomic E-state index is -0.274. The van der Waals surface area contributed by atoms with Crippen LogP contribution in [0.15, 0.2) is 48.5 Å². The third kappa shape index (κ3) is 3.67. The summed E-state index contributed by atoms with van der Waals surface area (Å²) in [5, 5.41) is 2.92. The number of ether oxygens (including phenoxy) is 1. The number of rotatable bonds is 4. The molecule has 1 aliphatic rings. The van der Waals surface area contributed by atoms with E-state index < -0.39 is 0 Å². The van der Waals surface area contributed by atoms with E-state index in [2.05, 4.69) is 5.32 Å². The van der Waals surface area contributed by atoms with Crippen molar-refractivity contribution in [1.29, 1.82) is 0 Å². The molecule has 1 saturated heterocycles. The van der Waals surface area contributed by atoms with Crippen LogP contribution in [-0.2, 0) is 6.54 Å². The highest BCUT2D eigenvalue weighted by Gasteiger charge is 2.29. The highest BCUT2D eigenvalue weighted by molar-refractivity contribution is 5.75. The molecule has 0 bridgehead atoms. The second-order valence-electron chi connectivity index (χ2n) is 5.91. The molecule has 1 N–H and O–H groups in total. The average molecular weight is 328 g/mol. The first-order valence-electron chi connectivity index (χ1n) is 8.10. The van der Waals surface area contributed by atoms with E-state index in [9.17, 15) is 9.18 Å². The van der Waals surface area contributed by atoms with E-state index in [4.69, 9.17) is 4.74 Å². The van der Waals surface area contributed by atoms with E-state index in [-0.39, 0.29) is 17.9 Å². The van der Waals surface area contributed by atoms with Crippen LogP contribution < -0.4 is 10.1 Å². The molecule has 0 saturated carbocycles. The van der Waals surface area contributed by atoms with Crippen molar-refractivity contribution in [3.8, 4) is 5.75 Å². The topological polar surface area (TPSA) is 41.6 Å². The Morgan fingerprint density at radius 2 is 1.92 bits per heavy atom. The molecule has 126 valence electrons. The third-order valence-electron chi connectivity index (χ3n) is 4.37. The van der Waals surface area contributed by atoms with Gasteiger partial charge in [-0.25, -0.2) is 9.18 Å². The Hall–Kier alpha value is -2.56. The lowest BCUT2D eigenvalue weighted by Crippen LogP contribution is -2.39. The van der Waals surface area contributed by atoms with E-state index in [1.54, 1.807) is 19.2 Å². The molecular formula is C19H21FN2O2. The Kier molecular flexibility index (Phi) is 4.99. The number of hydrogen-bond donors (Lipinski definition) is 1. The molecule has 2 aromatic rings. The maximum absolute atomic E-state index is 12.9. The average Bonchev–Trinajstić information content (AvgIpc) is 3.11. The zero-order valence-electron chi connectivity index (χ0n) is 13.7. The molecule has 2 amide bonds. The molecule has 0 radical (unpaired) electrons. The van der Waals surface area contributed by atoms with E-state index in [0.717, 1.165) is 36.3 Å². The minimum absolute atomic E-state index is 0.0855. The predicted molar refractivity (Wildman–Crippen MR) is 90.3 cm³/mol. The van der Waals surface area contributed by atoms with Crippen molar-refractivity contribution in [2.45, 2.75) is 25.4 Å². The molecule has 1 aliphatic heterocycles. The number of nitrogens with one attached hydrogen (secondary N) is 1. The third-order valence-corrected chi connectivity index (χ3v) is 4.37. The van der Waals surface area contributed by atoms with Gasteiger partial charge in [-0.05, 0) is 48.2 Å². The molecule has 3 rings (SSSR count). The van der Waals surface area contributed by atoms with E-state index in [1.807, 2.05) is 29.2 Å². The first-order valence-corrected chi connectivity index (χ1v) is 8.10. The molecule has 1 atom stereocenters. The van der Waals surface area contributed by atoms with Gasteiger partial charge in [0, 0.05) is 13.1 Å². The first kappa shape index (κ1) is 16.3. The van der Waals surface area contributed by atoms with Gasteiger partial charge in [0.15, 0.2) is 0 Å². The van der Waals surface area contributed by atoms with Gasteiger partial charge in [0.2, 0.25) is 0 Å². The Morgan fingerprint density at radius 1 is 1.21 bits per heavy atom. The molecule has 5 heteroatoms. The lowest BCUT2D eigenvalue weighted by molar-refractivity contribution is 0.192. The molecule has 0 unspecified atom stereocenters. The van der Waals surface area contributed by atoms with Crippen molar-refractivity contribution in [3.05, 3.63) is 65.5 Å². The summed E-state index contributed by atoms with van der Waals surface area (Å²) in [7, 11) is 1.64. The summed E-state index contributed by atoms with van der Waals surface area (Å²) in [6.45, 7) is 1.14. The summed E-state index contributed by atoms with van der Waals surface area (Å²) in [5.41, 5.74) is 2.00. The molecule has 0 aromatic heterocycles. The second kappa shape index (κ2) is 7.34. The van der Waals surface area contributed by atoms with E-state index >= 15 is 0 Å². The van der Waals surface area contributed by atoms with Gasteiger partial charge >= 0.3 is 6.03 Å². The summed E-state index contributed by atoms with van der Waals surface area (Å²) in [5.74, 6) is 0.535. The fourth-order valence-electron chi connectivity index (χ4n) is 3.06. The standard InChI is InChI=1S/C19H21FN2O2/c1-24-17-10-6-15(7-11-17)18-3-2-12-22(18)19(23)21-13-14-4-8-16(20)9-5-14/h4-11,18H,2-3,12-13H2,1H3,(H,21,23)/t18-/m1/s1. The first-order chi connectivity index (χ1) is 11.7. The van der Waals surface area contributed by atoms with Crippen LogP contribution in [0, 0.1) is 5.82 Å². The number of carbonyl (C=O) groups is 1. The normalized spacial score (nSPS) is 16.9. The van der Waals surface area contributed by atoms with Crippen LogP contribution >= 0.6 is 0 Å². The zero-order chi connectivity index (χ0) is 16.9. The van der Waals surface area contributed by atoms with Crippen LogP contribution in [0.5, 0.6) is 5.75 Å². The number of hydrogen-bond acceptors (Lipinski definition) is 2. The van der Waals surface area contributed by atoms with Crippen LogP contribution in [-0.4, -0.2) is 24.6 Å². The van der Waals surface area contributed by atoms with Crippen LogP contribution in [0.2, 0.25) is 0 Å². The monoisotopic (exact) mass is 328 g/mol. The molecule has 2 aromatic carbocycles. The van der Waals surface area contributed by atoms with Crippen molar-refractivity contribution >= 4 is 6.03 Å². The van der Waals surface area contributed by atoms with Gasteiger partial charge in [-0.15, -0.1) is 0 Å². The summed E-state index contributed by atoms with van der Waals surface area (Å²) < 4.78 is 18.1. The number of urea groups is 1. The van der Waals surface area contributed by atoms with E-state index in [0.29, 0.717) is 6.54 Å². The fourth-order valence-corrected chi connectivity index (χ4v) is 3.06. The van der Waals surface area contributed by atoms with Gasteiger partial charge < -0.3 is 15.0 Å². The number of carbonyl (C=O) groups excluding carboxylic acids is 1. The predicted octanol–water partition coefficient (Wildman–Crippen LogP) is 3.88. The van der Waals surface area contributed by atoms with Gasteiger partial charge in [0.1, 0.15) is 11.6 Å². The SMILES string of the molecule is COc1ccc([C@H]2CCCN2C(=O)NCc2ccc(F)cc2)cc1. The smallest absolute Gasteiger partial charge is 0.318 e. The Morgan fingerprint density at radius 3 is 2.58 bits per heavy atom. The molecule has 1 fully saturated rings.